The predicted octanol–water partition coefficient (Wildman–Crippen LogP) is 1.44. The van der Waals surface area contributed by atoms with E-state index in [0.29, 0.717) is 5.56 Å². The van der Waals surface area contributed by atoms with Gasteiger partial charge in [0.1, 0.15) is 12.2 Å². The summed E-state index contributed by atoms with van der Waals surface area (Å²) in [7, 11) is 1.24. The minimum absolute atomic E-state index is 0.101. The van der Waals surface area contributed by atoms with Crippen molar-refractivity contribution in [3.63, 3.8) is 0 Å². The fourth-order valence-electron chi connectivity index (χ4n) is 1.06. The van der Waals surface area contributed by atoms with Crippen LogP contribution in [0.4, 0.5) is 4.39 Å². The second-order valence-corrected chi connectivity index (χ2v) is 3.05. The molecule has 0 unspecified atom stereocenters. The van der Waals surface area contributed by atoms with E-state index >= 15 is 0 Å². The number of aromatic carboxylic acids is 1. The smallest absolute Gasteiger partial charge is 0.338 e. The number of esters is 1. The minimum atomic E-state index is -1.36. The number of carbonyl (C=O) groups excluding carboxylic acids is 1. The van der Waals surface area contributed by atoms with Crippen molar-refractivity contribution in [3.8, 4) is 11.8 Å². The molecule has 0 aliphatic rings. The molecule has 5 heteroatoms. The summed E-state index contributed by atoms with van der Waals surface area (Å²) in [6.07, 6.45) is -0.101. The van der Waals surface area contributed by atoms with E-state index in [4.69, 9.17) is 5.11 Å². The van der Waals surface area contributed by atoms with E-state index in [1.54, 1.807) is 0 Å². The molecule has 0 aromatic heterocycles. The standard InChI is InChI=1S/C12H9FO4/c1-17-11(14)4-2-3-8-5-6-10(13)9(7-8)12(15)16/h5-7H,4H2,1H3,(H,15,16). The SMILES string of the molecule is COC(=O)CC#Cc1ccc(F)c(C(=O)O)c1. The van der Waals surface area contributed by atoms with Crippen molar-refractivity contribution >= 4 is 11.9 Å². The number of rotatable bonds is 2. The highest BCUT2D eigenvalue weighted by atomic mass is 19.1. The Morgan fingerprint density at radius 3 is 2.76 bits per heavy atom. The molecule has 0 bridgehead atoms. The third kappa shape index (κ3) is 3.61. The summed E-state index contributed by atoms with van der Waals surface area (Å²) in [6.45, 7) is 0. The first-order valence-electron chi connectivity index (χ1n) is 4.63. The number of carboxylic acid groups (broad SMARTS) is 1. The molecule has 0 heterocycles. The highest BCUT2D eigenvalue weighted by molar-refractivity contribution is 5.88. The number of halogens is 1. The van der Waals surface area contributed by atoms with Crippen LogP contribution in [0.1, 0.15) is 22.3 Å². The summed E-state index contributed by atoms with van der Waals surface area (Å²) in [5, 5.41) is 8.68. The van der Waals surface area contributed by atoms with E-state index in [2.05, 4.69) is 16.6 Å². The third-order valence-corrected chi connectivity index (χ3v) is 1.89. The van der Waals surface area contributed by atoms with Gasteiger partial charge in [-0.25, -0.2) is 9.18 Å². The second-order valence-electron chi connectivity index (χ2n) is 3.05. The Morgan fingerprint density at radius 2 is 2.18 bits per heavy atom. The first-order chi connectivity index (χ1) is 8.04. The van der Waals surface area contributed by atoms with Crippen LogP contribution < -0.4 is 0 Å². The molecular weight excluding hydrogens is 227 g/mol. The van der Waals surface area contributed by atoms with Crippen molar-refractivity contribution < 1.29 is 23.8 Å². The van der Waals surface area contributed by atoms with Gasteiger partial charge in [-0.3, -0.25) is 4.79 Å². The summed E-state index contributed by atoms with van der Waals surface area (Å²) in [4.78, 5) is 21.4. The number of ether oxygens (including phenoxy) is 1. The van der Waals surface area contributed by atoms with Gasteiger partial charge in [-0.15, -0.1) is 0 Å². The lowest BCUT2D eigenvalue weighted by atomic mass is 10.1. The van der Waals surface area contributed by atoms with Crippen LogP contribution in [-0.4, -0.2) is 24.2 Å². The van der Waals surface area contributed by atoms with Crippen LogP contribution in [0.5, 0.6) is 0 Å². The summed E-state index contributed by atoms with van der Waals surface area (Å²) >= 11 is 0. The number of benzene rings is 1. The van der Waals surface area contributed by atoms with E-state index in [0.717, 1.165) is 12.1 Å². The minimum Gasteiger partial charge on any atom is -0.478 e. The summed E-state index contributed by atoms with van der Waals surface area (Å²) in [5.41, 5.74) is -0.123. The lowest BCUT2D eigenvalue weighted by molar-refractivity contribution is -0.139. The maximum absolute atomic E-state index is 13.0. The number of methoxy groups -OCH3 is 1. The molecule has 0 saturated heterocycles. The Hall–Kier alpha value is -2.35. The zero-order chi connectivity index (χ0) is 12.8. The van der Waals surface area contributed by atoms with Crippen LogP contribution in [0.2, 0.25) is 0 Å². The van der Waals surface area contributed by atoms with Crippen molar-refractivity contribution in [3.05, 3.63) is 35.1 Å². The molecule has 0 fully saturated rings. The zero-order valence-corrected chi connectivity index (χ0v) is 8.99. The number of carbonyl (C=O) groups is 2. The van der Waals surface area contributed by atoms with Crippen molar-refractivity contribution in [1.29, 1.82) is 0 Å². The van der Waals surface area contributed by atoms with Gasteiger partial charge >= 0.3 is 11.9 Å². The fourth-order valence-corrected chi connectivity index (χ4v) is 1.06. The fraction of sp³-hybridized carbons (Fsp3) is 0.167. The quantitative estimate of drug-likeness (QED) is 0.623. The molecule has 4 nitrogen and oxygen atoms in total. The molecule has 0 aliphatic heterocycles. The Morgan fingerprint density at radius 1 is 1.47 bits per heavy atom. The van der Waals surface area contributed by atoms with Crippen LogP contribution in [0.15, 0.2) is 18.2 Å². The van der Waals surface area contributed by atoms with Crippen LogP contribution in [0, 0.1) is 17.7 Å². The third-order valence-electron chi connectivity index (χ3n) is 1.89. The number of carboxylic acids is 1. The first kappa shape index (κ1) is 12.7. The van der Waals surface area contributed by atoms with Crippen LogP contribution in [-0.2, 0) is 9.53 Å². The van der Waals surface area contributed by atoms with E-state index in [-0.39, 0.29) is 6.42 Å². The average Bonchev–Trinajstić information content (AvgIpc) is 2.30. The normalized spacial score (nSPS) is 9.06. The summed E-state index contributed by atoms with van der Waals surface area (Å²) < 4.78 is 17.4. The number of hydrogen-bond donors (Lipinski definition) is 1. The lowest BCUT2D eigenvalue weighted by Gasteiger charge is -1.97. The van der Waals surface area contributed by atoms with E-state index in [1.807, 2.05) is 0 Å². The van der Waals surface area contributed by atoms with Gasteiger partial charge in [0.25, 0.3) is 0 Å². The van der Waals surface area contributed by atoms with E-state index in [9.17, 15) is 14.0 Å². The Kier molecular flexibility index (Phi) is 4.23. The Balaban J connectivity index is 2.89. The molecule has 0 spiro atoms. The number of hydrogen-bond acceptors (Lipinski definition) is 3. The Labute approximate surface area is 97.0 Å². The van der Waals surface area contributed by atoms with Crippen LogP contribution in [0.3, 0.4) is 0 Å². The van der Waals surface area contributed by atoms with Gasteiger partial charge in [0.2, 0.25) is 0 Å². The predicted molar refractivity (Wildman–Crippen MR) is 56.9 cm³/mol. The molecular formula is C12H9FO4. The average molecular weight is 236 g/mol. The molecule has 1 aromatic carbocycles. The van der Waals surface area contributed by atoms with E-state index in [1.165, 1.54) is 13.2 Å². The lowest BCUT2D eigenvalue weighted by Crippen LogP contribution is -2.00. The molecule has 17 heavy (non-hydrogen) atoms. The maximum Gasteiger partial charge on any atom is 0.338 e. The summed E-state index contributed by atoms with van der Waals surface area (Å²) in [5.74, 6) is 2.38. The molecule has 1 N–H and O–H groups in total. The second kappa shape index (κ2) is 5.66. The molecule has 0 radical (unpaired) electrons. The molecule has 0 saturated carbocycles. The molecule has 1 aromatic rings. The largest absolute Gasteiger partial charge is 0.478 e. The van der Waals surface area contributed by atoms with E-state index < -0.39 is 23.3 Å². The maximum atomic E-state index is 13.0. The monoisotopic (exact) mass is 236 g/mol. The van der Waals surface area contributed by atoms with Gasteiger partial charge in [0.05, 0.1) is 12.7 Å². The van der Waals surface area contributed by atoms with Gasteiger partial charge in [0, 0.05) is 5.56 Å². The van der Waals surface area contributed by atoms with Crippen molar-refractivity contribution in [1.82, 2.24) is 0 Å². The molecule has 0 atom stereocenters. The highest BCUT2D eigenvalue weighted by Crippen LogP contribution is 2.09. The molecule has 88 valence electrons. The van der Waals surface area contributed by atoms with Crippen molar-refractivity contribution in [2.24, 2.45) is 0 Å². The van der Waals surface area contributed by atoms with Crippen molar-refractivity contribution in [2.45, 2.75) is 6.42 Å². The summed E-state index contributed by atoms with van der Waals surface area (Å²) in [6, 6.07) is 3.47. The van der Waals surface area contributed by atoms with Crippen molar-refractivity contribution in [2.75, 3.05) is 7.11 Å². The van der Waals surface area contributed by atoms with Gasteiger partial charge in [-0.05, 0) is 18.2 Å². The van der Waals surface area contributed by atoms with Gasteiger partial charge in [-0.2, -0.15) is 0 Å². The molecule has 0 amide bonds. The zero-order valence-electron chi connectivity index (χ0n) is 8.99. The molecule has 0 aliphatic carbocycles. The topological polar surface area (TPSA) is 63.6 Å². The first-order valence-corrected chi connectivity index (χ1v) is 4.63. The van der Waals surface area contributed by atoms with Crippen LogP contribution >= 0.6 is 0 Å². The van der Waals surface area contributed by atoms with Crippen LogP contribution in [0.25, 0.3) is 0 Å². The van der Waals surface area contributed by atoms with Gasteiger partial charge in [-0.1, -0.05) is 11.8 Å². The van der Waals surface area contributed by atoms with Gasteiger partial charge < -0.3 is 9.84 Å². The highest BCUT2D eigenvalue weighted by Gasteiger charge is 2.09. The molecule has 1 rings (SSSR count). The van der Waals surface area contributed by atoms with Gasteiger partial charge in [0.15, 0.2) is 0 Å². The Bertz CT molecular complexity index is 511.